The molecule has 114 valence electrons. The number of anilines is 1. The standard InChI is InChI=1S/C15H14ClN3O2S/c1-2-19-15-8-5-13(9-11(15)10-17-19)18-22(20,21)14-6-3-12(16)4-7-14/h3-10,18H,2H2,1H3. The molecule has 22 heavy (non-hydrogen) atoms. The van der Waals surface area contributed by atoms with Gasteiger partial charge in [0, 0.05) is 22.6 Å². The minimum Gasteiger partial charge on any atom is -0.280 e. The average molecular weight is 336 g/mol. The largest absolute Gasteiger partial charge is 0.280 e. The first kappa shape index (κ1) is 14.9. The lowest BCUT2D eigenvalue weighted by Gasteiger charge is -2.08. The number of aryl methyl sites for hydroxylation is 1. The molecule has 7 heteroatoms. The maximum atomic E-state index is 12.3. The fourth-order valence-electron chi connectivity index (χ4n) is 2.23. The third kappa shape index (κ3) is 2.80. The second kappa shape index (κ2) is 5.62. The summed E-state index contributed by atoms with van der Waals surface area (Å²) < 4.78 is 29.1. The first-order valence-corrected chi connectivity index (χ1v) is 8.59. The molecule has 0 unspecified atom stereocenters. The van der Waals surface area contributed by atoms with Crippen LogP contribution in [0.2, 0.25) is 5.02 Å². The Kier molecular flexibility index (Phi) is 3.80. The van der Waals surface area contributed by atoms with E-state index in [-0.39, 0.29) is 4.90 Å². The van der Waals surface area contributed by atoms with Crippen LogP contribution in [0.5, 0.6) is 0 Å². The lowest BCUT2D eigenvalue weighted by Crippen LogP contribution is -2.12. The van der Waals surface area contributed by atoms with Gasteiger partial charge in [-0.25, -0.2) is 8.42 Å². The number of halogens is 1. The van der Waals surface area contributed by atoms with Crippen molar-refractivity contribution < 1.29 is 8.42 Å². The Bertz CT molecular complexity index is 918. The quantitative estimate of drug-likeness (QED) is 0.793. The topological polar surface area (TPSA) is 64.0 Å². The molecule has 0 spiro atoms. The molecule has 3 rings (SSSR count). The molecule has 2 aromatic carbocycles. The van der Waals surface area contributed by atoms with E-state index >= 15 is 0 Å². The van der Waals surface area contributed by atoms with E-state index in [4.69, 9.17) is 11.6 Å². The molecular formula is C15H14ClN3O2S. The van der Waals surface area contributed by atoms with Crippen LogP contribution in [0.1, 0.15) is 6.92 Å². The normalized spacial score (nSPS) is 11.7. The van der Waals surface area contributed by atoms with E-state index in [0.29, 0.717) is 10.7 Å². The van der Waals surface area contributed by atoms with Crippen molar-refractivity contribution >= 4 is 38.2 Å². The SMILES string of the molecule is CCn1ncc2cc(NS(=O)(=O)c3ccc(Cl)cc3)ccc21. The van der Waals surface area contributed by atoms with Gasteiger partial charge in [-0.15, -0.1) is 0 Å². The highest BCUT2D eigenvalue weighted by Crippen LogP contribution is 2.22. The number of sulfonamides is 1. The zero-order valence-corrected chi connectivity index (χ0v) is 13.4. The van der Waals surface area contributed by atoms with Gasteiger partial charge in [-0.3, -0.25) is 9.40 Å². The second-order valence-electron chi connectivity index (χ2n) is 4.79. The smallest absolute Gasteiger partial charge is 0.261 e. The number of nitrogens with one attached hydrogen (secondary N) is 1. The molecule has 1 N–H and O–H groups in total. The Hall–Kier alpha value is -2.05. The van der Waals surface area contributed by atoms with Gasteiger partial charge in [0.15, 0.2) is 0 Å². The molecule has 1 heterocycles. The summed E-state index contributed by atoms with van der Waals surface area (Å²) >= 11 is 5.78. The van der Waals surface area contributed by atoms with Gasteiger partial charge in [0.2, 0.25) is 0 Å². The highest BCUT2D eigenvalue weighted by molar-refractivity contribution is 7.92. The van der Waals surface area contributed by atoms with E-state index < -0.39 is 10.0 Å². The van der Waals surface area contributed by atoms with Crippen LogP contribution in [0.3, 0.4) is 0 Å². The molecule has 3 aromatic rings. The Morgan fingerprint density at radius 2 is 1.91 bits per heavy atom. The van der Waals surface area contributed by atoms with E-state index in [9.17, 15) is 8.42 Å². The third-order valence-corrected chi connectivity index (χ3v) is 4.97. The Balaban J connectivity index is 1.93. The predicted octanol–water partition coefficient (Wildman–Crippen LogP) is 3.51. The van der Waals surface area contributed by atoms with E-state index in [2.05, 4.69) is 9.82 Å². The molecule has 0 aliphatic heterocycles. The van der Waals surface area contributed by atoms with Gasteiger partial charge in [0.05, 0.1) is 16.6 Å². The van der Waals surface area contributed by atoms with Crippen LogP contribution >= 0.6 is 11.6 Å². The van der Waals surface area contributed by atoms with Gasteiger partial charge in [-0.05, 0) is 49.4 Å². The number of fused-ring (bicyclic) bond motifs is 1. The first-order valence-electron chi connectivity index (χ1n) is 6.73. The number of rotatable bonds is 4. The van der Waals surface area contributed by atoms with E-state index in [1.807, 2.05) is 17.7 Å². The highest BCUT2D eigenvalue weighted by Gasteiger charge is 2.14. The van der Waals surface area contributed by atoms with Crippen molar-refractivity contribution in [1.82, 2.24) is 9.78 Å². The number of benzene rings is 2. The number of hydrogen-bond donors (Lipinski definition) is 1. The van der Waals surface area contributed by atoms with Gasteiger partial charge >= 0.3 is 0 Å². The fourth-order valence-corrected chi connectivity index (χ4v) is 3.41. The van der Waals surface area contributed by atoms with Crippen molar-refractivity contribution in [3.63, 3.8) is 0 Å². The van der Waals surface area contributed by atoms with Crippen molar-refractivity contribution in [3.8, 4) is 0 Å². The maximum Gasteiger partial charge on any atom is 0.261 e. The Labute approximate surface area is 133 Å². The van der Waals surface area contributed by atoms with E-state index in [1.165, 1.54) is 12.1 Å². The minimum atomic E-state index is -3.63. The molecule has 0 bridgehead atoms. The summed E-state index contributed by atoms with van der Waals surface area (Å²) in [5.41, 5.74) is 1.47. The molecule has 0 saturated heterocycles. The van der Waals surface area contributed by atoms with Crippen LogP contribution in [-0.2, 0) is 16.6 Å². The zero-order valence-electron chi connectivity index (χ0n) is 11.8. The monoisotopic (exact) mass is 335 g/mol. The van der Waals surface area contributed by atoms with Crippen molar-refractivity contribution in [2.45, 2.75) is 18.4 Å². The molecule has 0 saturated carbocycles. The maximum absolute atomic E-state index is 12.3. The van der Waals surface area contributed by atoms with Crippen molar-refractivity contribution in [1.29, 1.82) is 0 Å². The minimum absolute atomic E-state index is 0.168. The van der Waals surface area contributed by atoms with Crippen molar-refractivity contribution in [2.24, 2.45) is 0 Å². The van der Waals surface area contributed by atoms with Gasteiger partial charge in [-0.2, -0.15) is 5.10 Å². The highest BCUT2D eigenvalue weighted by atomic mass is 35.5. The molecule has 5 nitrogen and oxygen atoms in total. The number of aromatic nitrogens is 2. The first-order chi connectivity index (χ1) is 10.5. The van der Waals surface area contributed by atoms with Gasteiger partial charge in [0.25, 0.3) is 10.0 Å². The zero-order chi connectivity index (χ0) is 15.7. The molecule has 0 aliphatic rings. The summed E-state index contributed by atoms with van der Waals surface area (Å²) in [6, 6.07) is 11.4. The average Bonchev–Trinajstić information content (AvgIpc) is 2.89. The predicted molar refractivity (Wildman–Crippen MR) is 87.7 cm³/mol. The van der Waals surface area contributed by atoms with Gasteiger partial charge in [0.1, 0.15) is 0 Å². The van der Waals surface area contributed by atoms with Crippen LogP contribution in [0.15, 0.2) is 53.6 Å². The summed E-state index contributed by atoms with van der Waals surface area (Å²) in [6.07, 6.45) is 1.72. The Morgan fingerprint density at radius 1 is 1.18 bits per heavy atom. The van der Waals surface area contributed by atoms with Crippen LogP contribution in [0, 0.1) is 0 Å². The van der Waals surface area contributed by atoms with E-state index in [1.54, 1.807) is 30.5 Å². The summed E-state index contributed by atoms with van der Waals surface area (Å²) in [4.78, 5) is 0.168. The summed E-state index contributed by atoms with van der Waals surface area (Å²) in [7, 11) is -3.63. The van der Waals surface area contributed by atoms with Crippen LogP contribution in [0.4, 0.5) is 5.69 Å². The molecule has 0 fully saturated rings. The van der Waals surface area contributed by atoms with Crippen LogP contribution in [0.25, 0.3) is 10.9 Å². The lowest BCUT2D eigenvalue weighted by atomic mass is 10.2. The van der Waals surface area contributed by atoms with Crippen molar-refractivity contribution in [3.05, 3.63) is 53.7 Å². The second-order valence-corrected chi connectivity index (χ2v) is 6.91. The van der Waals surface area contributed by atoms with Crippen LogP contribution in [-0.4, -0.2) is 18.2 Å². The number of hydrogen-bond acceptors (Lipinski definition) is 3. The van der Waals surface area contributed by atoms with Gasteiger partial charge < -0.3 is 0 Å². The number of nitrogens with zero attached hydrogens (tertiary/aromatic N) is 2. The summed E-state index contributed by atoms with van der Waals surface area (Å²) in [5.74, 6) is 0. The Morgan fingerprint density at radius 3 is 2.59 bits per heavy atom. The van der Waals surface area contributed by atoms with Crippen molar-refractivity contribution in [2.75, 3.05) is 4.72 Å². The fraction of sp³-hybridized carbons (Fsp3) is 0.133. The van der Waals surface area contributed by atoms with E-state index in [0.717, 1.165) is 17.4 Å². The third-order valence-electron chi connectivity index (χ3n) is 3.32. The summed E-state index contributed by atoms with van der Waals surface area (Å²) in [5, 5.41) is 5.62. The molecule has 0 radical (unpaired) electrons. The molecular weight excluding hydrogens is 322 g/mol. The molecule has 0 atom stereocenters. The van der Waals surface area contributed by atoms with Gasteiger partial charge in [-0.1, -0.05) is 11.6 Å². The summed E-state index contributed by atoms with van der Waals surface area (Å²) in [6.45, 7) is 2.77. The van der Waals surface area contributed by atoms with Crippen LogP contribution < -0.4 is 4.72 Å². The lowest BCUT2D eigenvalue weighted by molar-refractivity contribution is 0.601. The molecule has 1 aromatic heterocycles. The molecule has 0 amide bonds. The molecule has 0 aliphatic carbocycles.